The molecule has 0 amide bonds. The molecular formula is C14H8N2S2. The first-order valence-corrected chi connectivity index (χ1v) is 7.29. The average Bonchev–Trinajstić information content (AvgIpc) is 2.42. The SMILES string of the molecule is C1=CSc2cc3c(cc2=N1)Sc1ccccc1N=3. The van der Waals surface area contributed by atoms with Gasteiger partial charge in [-0.2, -0.15) is 0 Å². The highest BCUT2D eigenvalue weighted by molar-refractivity contribution is 8.02. The van der Waals surface area contributed by atoms with Gasteiger partial charge in [0.25, 0.3) is 0 Å². The summed E-state index contributed by atoms with van der Waals surface area (Å²) in [4.78, 5) is 12.7. The first kappa shape index (κ1) is 10.4. The van der Waals surface area contributed by atoms with Crippen molar-refractivity contribution < 1.29 is 0 Å². The third kappa shape index (κ3) is 1.61. The van der Waals surface area contributed by atoms with Gasteiger partial charge in [-0.1, -0.05) is 35.7 Å². The maximum absolute atomic E-state index is 4.72. The molecule has 2 aromatic rings. The lowest BCUT2D eigenvalue weighted by Gasteiger charge is -2.13. The molecule has 0 N–H and O–H groups in total. The molecule has 0 radical (unpaired) electrons. The molecule has 0 aromatic heterocycles. The molecule has 86 valence electrons. The van der Waals surface area contributed by atoms with Crippen LogP contribution in [0, 0.1) is 0 Å². The third-order valence-electron chi connectivity index (χ3n) is 2.84. The summed E-state index contributed by atoms with van der Waals surface area (Å²) in [5.74, 6) is 0. The van der Waals surface area contributed by atoms with E-state index in [1.165, 1.54) is 14.7 Å². The Balaban J connectivity index is 2.02. The van der Waals surface area contributed by atoms with Crippen molar-refractivity contribution in [3.63, 3.8) is 0 Å². The maximum Gasteiger partial charge on any atom is 0.0789 e. The molecule has 2 aliphatic heterocycles. The molecule has 0 unspecified atom stereocenters. The van der Waals surface area contributed by atoms with Gasteiger partial charge in [0.15, 0.2) is 0 Å². The fraction of sp³-hybridized carbons (Fsp3) is 0. The van der Waals surface area contributed by atoms with Gasteiger partial charge in [-0.15, -0.1) is 0 Å². The van der Waals surface area contributed by atoms with Crippen LogP contribution in [0.3, 0.4) is 0 Å². The van der Waals surface area contributed by atoms with Gasteiger partial charge in [-0.05, 0) is 29.7 Å². The molecule has 0 spiro atoms. The molecule has 4 heteroatoms. The summed E-state index contributed by atoms with van der Waals surface area (Å²) in [7, 11) is 0. The minimum absolute atomic E-state index is 1.04. The van der Waals surface area contributed by atoms with Crippen molar-refractivity contribution in [1.29, 1.82) is 0 Å². The Bertz CT molecular complexity index is 794. The summed E-state index contributed by atoms with van der Waals surface area (Å²) in [5.41, 5.74) is 1.06. The Hall–Kier alpha value is -1.52. The average molecular weight is 268 g/mol. The van der Waals surface area contributed by atoms with E-state index >= 15 is 0 Å². The maximum atomic E-state index is 4.72. The molecular weight excluding hydrogens is 260 g/mol. The van der Waals surface area contributed by atoms with Crippen LogP contribution in [-0.4, -0.2) is 0 Å². The van der Waals surface area contributed by atoms with Gasteiger partial charge in [0.2, 0.25) is 0 Å². The number of fused-ring (bicyclic) bond motifs is 3. The lowest BCUT2D eigenvalue weighted by atomic mass is 10.3. The van der Waals surface area contributed by atoms with Gasteiger partial charge in [0.1, 0.15) is 0 Å². The zero-order valence-corrected chi connectivity index (χ0v) is 11.0. The predicted octanol–water partition coefficient (Wildman–Crippen LogP) is 3.30. The summed E-state index contributed by atoms with van der Waals surface area (Å²) in [6.45, 7) is 0. The molecule has 2 aliphatic rings. The summed E-state index contributed by atoms with van der Waals surface area (Å²) in [6.07, 6.45) is 1.85. The first-order chi connectivity index (χ1) is 8.90. The minimum Gasteiger partial charge on any atom is -0.255 e. The van der Waals surface area contributed by atoms with Crippen LogP contribution in [0.25, 0.3) is 0 Å². The fourth-order valence-electron chi connectivity index (χ4n) is 2.00. The summed E-state index contributed by atoms with van der Waals surface area (Å²) in [6, 6.07) is 12.5. The van der Waals surface area contributed by atoms with Crippen molar-refractivity contribution in [3.8, 4) is 0 Å². The molecule has 2 aromatic carbocycles. The van der Waals surface area contributed by atoms with Crippen molar-refractivity contribution >= 4 is 29.2 Å². The molecule has 0 saturated carbocycles. The third-order valence-corrected chi connectivity index (χ3v) is 4.79. The van der Waals surface area contributed by atoms with E-state index in [9.17, 15) is 0 Å². The lowest BCUT2D eigenvalue weighted by molar-refractivity contribution is 1.09. The normalized spacial score (nSPS) is 14.9. The summed E-state index contributed by atoms with van der Waals surface area (Å²) >= 11 is 3.47. The molecule has 0 aliphatic carbocycles. The van der Waals surface area contributed by atoms with Crippen molar-refractivity contribution in [2.45, 2.75) is 14.7 Å². The van der Waals surface area contributed by atoms with Crippen molar-refractivity contribution in [2.24, 2.45) is 9.98 Å². The highest BCUT2D eigenvalue weighted by Crippen LogP contribution is 2.36. The highest BCUT2D eigenvalue weighted by atomic mass is 32.2. The van der Waals surface area contributed by atoms with Gasteiger partial charge in [-0.25, -0.2) is 4.99 Å². The van der Waals surface area contributed by atoms with Crippen LogP contribution in [0.1, 0.15) is 0 Å². The summed E-state index contributed by atoms with van der Waals surface area (Å²) < 4.78 is 0. The van der Waals surface area contributed by atoms with Crippen molar-refractivity contribution in [3.05, 3.63) is 58.7 Å². The number of hydrogen-bond donors (Lipinski definition) is 0. The van der Waals surface area contributed by atoms with E-state index in [0.717, 1.165) is 16.4 Å². The van der Waals surface area contributed by atoms with E-state index in [-0.39, 0.29) is 0 Å². The second-order valence-electron chi connectivity index (χ2n) is 4.00. The zero-order chi connectivity index (χ0) is 11.9. The van der Waals surface area contributed by atoms with E-state index in [1.54, 1.807) is 23.5 Å². The zero-order valence-electron chi connectivity index (χ0n) is 9.33. The van der Waals surface area contributed by atoms with Crippen LogP contribution < -0.4 is 10.7 Å². The quantitative estimate of drug-likeness (QED) is 0.625. The van der Waals surface area contributed by atoms with Crippen LogP contribution in [0.15, 0.2) is 72.7 Å². The predicted molar refractivity (Wildman–Crippen MR) is 74.0 cm³/mol. The van der Waals surface area contributed by atoms with Gasteiger partial charge in [0, 0.05) is 20.9 Å². The van der Waals surface area contributed by atoms with Crippen LogP contribution in [0.4, 0.5) is 5.69 Å². The molecule has 0 saturated heterocycles. The Morgan fingerprint density at radius 2 is 1.78 bits per heavy atom. The Morgan fingerprint density at radius 1 is 0.889 bits per heavy atom. The first-order valence-electron chi connectivity index (χ1n) is 5.59. The van der Waals surface area contributed by atoms with Crippen LogP contribution in [0.5, 0.6) is 0 Å². The fourth-order valence-corrected chi connectivity index (χ4v) is 3.66. The van der Waals surface area contributed by atoms with E-state index in [0.29, 0.717) is 0 Å². The Kier molecular flexibility index (Phi) is 2.31. The number of nitrogens with zero attached hydrogens (tertiary/aromatic N) is 2. The number of rotatable bonds is 0. The van der Waals surface area contributed by atoms with Crippen molar-refractivity contribution in [1.82, 2.24) is 0 Å². The molecule has 4 rings (SSSR count). The Labute approximate surface area is 113 Å². The molecule has 2 nitrogen and oxygen atoms in total. The van der Waals surface area contributed by atoms with Gasteiger partial charge in [0.05, 0.1) is 16.4 Å². The number of benzene rings is 2. The minimum atomic E-state index is 1.04. The van der Waals surface area contributed by atoms with Gasteiger partial charge < -0.3 is 0 Å². The lowest BCUT2D eigenvalue weighted by Crippen LogP contribution is -2.17. The Morgan fingerprint density at radius 3 is 2.78 bits per heavy atom. The second kappa shape index (κ2) is 4.00. The van der Waals surface area contributed by atoms with Gasteiger partial charge in [-0.3, -0.25) is 4.99 Å². The number of hydrogen-bond acceptors (Lipinski definition) is 4. The van der Waals surface area contributed by atoms with E-state index < -0.39 is 0 Å². The van der Waals surface area contributed by atoms with E-state index in [2.05, 4.69) is 29.3 Å². The number of thioether (sulfide) groups is 1. The molecule has 0 bridgehead atoms. The highest BCUT2D eigenvalue weighted by Gasteiger charge is 2.13. The van der Waals surface area contributed by atoms with Crippen LogP contribution in [0.2, 0.25) is 0 Å². The van der Waals surface area contributed by atoms with Crippen molar-refractivity contribution in [2.75, 3.05) is 0 Å². The van der Waals surface area contributed by atoms with Crippen LogP contribution >= 0.6 is 23.5 Å². The molecule has 2 heterocycles. The summed E-state index contributed by atoms with van der Waals surface area (Å²) in [5, 5.41) is 4.09. The number of para-hydroxylation sites is 1. The molecule has 0 fully saturated rings. The topological polar surface area (TPSA) is 24.7 Å². The monoisotopic (exact) mass is 268 g/mol. The second-order valence-corrected chi connectivity index (χ2v) is 6.03. The van der Waals surface area contributed by atoms with E-state index in [1.807, 2.05) is 23.7 Å². The largest absolute Gasteiger partial charge is 0.255 e. The van der Waals surface area contributed by atoms with Gasteiger partial charge >= 0.3 is 0 Å². The smallest absolute Gasteiger partial charge is 0.0789 e. The molecule has 18 heavy (non-hydrogen) atoms. The standard InChI is InChI=1S/C14H8N2S2/c1-2-4-12-9(3-1)16-11-8-13-10(7-14(11)18-12)15-5-6-17-13/h1-8H. The van der Waals surface area contributed by atoms with Crippen LogP contribution in [-0.2, 0) is 0 Å². The molecule has 0 atom stereocenters. The van der Waals surface area contributed by atoms with E-state index in [4.69, 9.17) is 4.99 Å².